The van der Waals surface area contributed by atoms with Crippen molar-refractivity contribution in [1.82, 2.24) is 15.1 Å². The molecule has 2 aliphatic heterocycles. The molecule has 2 atom stereocenters. The Hall–Kier alpha value is -2.80. The van der Waals surface area contributed by atoms with Crippen LogP contribution in [-0.2, 0) is 10.3 Å². The Bertz CT molecular complexity index is 921. The van der Waals surface area contributed by atoms with Gasteiger partial charge in [-0.2, -0.15) is 0 Å². The van der Waals surface area contributed by atoms with E-state index in [2.05, 4.69) is 22.3 Å². The summed E-state index contributed by atoms with van der Waals surface area (Å²) in [6, 6.07) is 12.9. The number of likely N-dealkylation sites (tertiary alicyclic amines) is 1. The van der Waals surface area contributed by atoms with E-state index in [0.717, 1.165) is 36.5 Å². The van der Waals surface area contributed by atoms with Crippen molar-refractivity contribution < 1.29 is 18.4 Å². The van der Waals surface area contributed by atoms with Crippen LogP contribution in [0.15, 0.2) is 48.5 Å². The Morgan fingerprint density at radius 2 is 1.86 bits per heavy atom. The van der Waals surface area contributed by atoms with Gasteiger partial charge in [0.2, 0.25) is 0 Å². The number of amides is 3. The molecule has 7 heteroatoms. The van der Waals surface area contributed by atoms with Crippen LogP contribution < -0.4 is 5.32 Å². The number of rotatable bonds is 4. The third-order valence-corrected chi connectivity index (χ3v) is 5.66. The number of imide groups is 1. The van der Waals surface area contributed by atoms with E-state index in [0.29, 0.717) is 5.92 Å². The molecule has 2 aliphatic rings. The normalized spacial score (nSPS) is 25.4. The maximum Gasteiger partial charge on any atom is 0.326 e. The van der Waals surface area contributed by atoms with E-state index in [1.165, 1.54) is 18.6 Å². The third kappa shape index (κ3) is 3.16. The maximum atomic E-state index is 13.6. The van der Waals surface area contributed by atoms with Gasteiger partial charge in [0.15, 0.2) is 11.6 Å². The molecule has 2 fully saturated rings. The van der Waals surface area contributed by atoms with E-state index in [9.17, 15) is 18.4 Å². The Labute approximate surface area is 161 Å². The second kappa shape index (κ2) is 6.98. The average molecular weight is 385 g/mol. The number of urea groups is 1. The number of nitrogens with one attached hydrogen (secondary N) is 1. The summed E-state index contributed by atoms with van der Waals surface area (Å²) in [5.41, 5.74) is 0.0501. The minimum atomic E-state index is -1.41. The Kier molecular flexibility index (Phi) is 4.63. The molecule has 0 aromatic heterocycles. The summed E-state index contributed by atoms with van der Waals surface area (Å²) in [6.07, 6.45) is 0.952. The van der Waals surface area contributed by atoms with Crippen LogP contribution in [0, 0.1) is 11.6 Å². The monoisotopic (exact) mass is 385 g/mol. The van der Waals surface area contributed by atoms with Gasteiger partial charge in [-0.1, -0.05) is 36.4 Å². The fourth-order valence-corrected chi connectivity index (χ4v) is 3.99. The molecule has 5 nitrogen and oxygen atoms in total. The maximum absolute atomic E-state index is 13.6. The smallest absolute Gasteiger partial charge is 0.319 e. The number of carbonyl (C=O) groups excluding carboxylic acids is 2. The van der Waals surface area contributed by atoms with Crippen LogP contribution in [0.5, 0.6) is 0 Å². The number of hydrogen-bond acceptors (Lipinski definition) is 3. The van der Waals surface area contributed by atoms with Crippen molar-refractivity contribution in [3.8, 4) is 0 Å². The topological polar surface area (TPSA) is 52.7 Å². The van der Waals surface area contributed by atoms with Crippen LogP contribution in [0.4, 0.5) is 13.6 Å². The second-order valence-corrected chi connectivity index (χ2v) is 7.53. The SMILES string of the molecule is CC1(c2ccc(F)c(F)c2)NC(=O)N(CN2CCC(c3ccccc3)C2)C1=O. The van der Waals surface area contributed by atoms with Gasteiger partial charge >= 0.3 is 6.03 Å². The summed E-state index contributed by atoms with van der Waals surface area (Å²) in [4.78, 5) is 28.6. The highest BCUT2D eigenvalue weighted by atomic mass is 19.2. The first-order valence-corrected chi connectivity index (χ1v) is 9.25. The van der Waals surface area contributed by atoms with Gasteiger partial charge in [-0.15, -0.1) is 0 Å². The predicted molar refractivity (Wildman–Crippen MR) is 99.3 cm³/mol. The molecule has 0 aliphatic carbocycles. The van der Waals surface area contributed by atoms with Gasteiger partial charge in [-0.05, 0) is 42.5 Å². The molecule has 0 bridgehead atoms. The quantitative estimate of drug-likeness (QED) is 0.823. The van der Waals surface area contributed by atoms with Crippen LogP contribution in [0.25, 0.3) is 0 Å². The minimum absolute atomic E-state index is 0.174. The van der Waals surface area contributed by atoms with Crippen LogP contribution in [0.1, 0.15) is 30.4 Å². The standard InChI is InChI=1S/C21H21F2N3O2/c1-21(16-7-8-17(22)18(23)11-16)19(27)26(20(28)24-21)13-25-10-9-15(12-25)14-5-3-2-4-6-14/h2-8,11,15H,9-10,12-13H2,1H3,(H,24,28). The molecule has 3 amide bonds. The fourth-order valence-electron chi connectivity index (χ4n) is 3.99. The Morgan fingerprint density at radius 1 is 1.11 bits per heavy atom. The van der Waals surface area contributed by atoms with Crippen molar-refractivity contribution >= 4 is 11.9 Å². The van der Waals surface area contributed by atoms with E-state index in [4.69, 9.17) is 0 Å². The lowest BCUT2D eigenvalue weighted by Crippen LogP contribution is -2.43. The molecule has 28 heavy (non-hydrogen) atoms. The van der Waals surface area contributed by atoms with Gasteiger partial charge in [0.05, 0.1) is 6.67 Å². The molecule has 2 saturated heterocycles. The summed E-state index contributed by atoms with van der Waals surface area (Å²) in [5.74, 6) is -2.15. The average Bonchev–Trinajstić information content (AvgIpc) is 3.24. The van der Waals surface area contributed by atoms with Crippen molar-refractivity contribution in [2.75, 3.05) is 19.8 Å². The van der Waals surface area contributed by atoms with Gasteiger partial charge in [-0.25, -0.2) is 18.5 Å². The lowest BCUT2D eigenvalue weighted by atomic mass is 9.92. The van der Waals surface area contributed by atoms with Crippen molar-refractivity contribution in [3.63, 3.8) is 0 Å². The van der Waals surface area contributed by atoms with E-state index in [1.54, 1.807) is 0 Å². The molecule has 2 aromatic carbocycles. The summed E-state index contributed by atoms with van der Waals surface area (Å²) < 4.78 is 26.9. The number of halogens is 2. The third-order valence-electron chi connectivity index (χ3n) is 5.66. The molecule has 0 saturated carbocycles. The van der Waals surface area contributed by atoms with Gasteiger partial charge < -0.3 is 5.32 Å². The highest BCUT2D eigenvalue weighted by molar-refractivity contribution is 6.07. The van der Waals surface area contributed by atoms with Gasteiger partial charge in [0.1, 0.15) is 5.54 Å². The molecule has 146 valence electrons. The van der Waals surface area contributed by atoms with Crippen molar-refractivity contribution in [3.05, 3.63) is 71.3 Å². The summed E-state index contributed by atoms with van der Waals surface area (Å²) in [7, 11) is 0. The number of carbonyl (C=O) groups is 2. The first kappa shape index (κ1) is 18.6. The summed E-state index contributed by atoms with van der Waals surface area (Å²) >= 11 is 0. The molecule has 0 radical (unpaired) electrons. The number of hydrogen-bond donors (Lipinski definition) is 1. The number of nitrogens with zero attached hydrogens (tertiary/aromatic N) is 2. The molecule has 4 rings (SSSR count). The van der Waals surface area contributed by atoms with Crippen LogP contribution in [0.3, 0.4) is 0 Å². The van der Waals surface area contributed by atoms with Crippen molar-refractivity contribution in [1.29, 1.82) is 0 Å². The molecular formula is C21H21F2N3O2. The van der Waals surface area contributed by atoms with Crippen LogP contribution >= 0.6 is 0 Å². The zero-order chi connectivity index (χ0) is 19.9. The summed E-state index contributed by atoms with van der Waals surface area (Å²) in [5, 5.41) is 2.63. The molecular weight excluding hydrogens is 364 g/mol. The summed E-state index contributed by atoms with van der Waals surface area (Å²) in [6.45, 7) is 3.21. The first-order valence-electron chi connectivity index (χ1n) is 9.25. The second-order valence-electron chi connectivity index (χ2n) is 7.53. The minimum Gasteiger partial charge on any atom is -0.319 e. The molecule has 2 aromatic rings. The van der Waals surface area contributed by atoms with Crippen LogP contribution in [-0.4, -0.2) is 41.5 Å². The van der Waals surface area contributed by atoms with Gasteiger partial charge in [0, 0.05) is 13.1 Å². The Balaban J connectivity index is 1.48. The number of benzene rings is 2. The zero-order valence-corrected chi connectivity index (χ0v) is 15.5. The lowest BCUT2D eigenvalue weighted by Gasteiger charge is -2.24. The Morgan fingerprint density at radius 3 is 2.57 bits per heavy atom. The van der Waals surface area contributed by atoms with Crippen molar-refractivity contribution in [2.24, 2.45) is 0 Å². The fraction of sp³-hybridized carbons (Fsp3) is 0.333. The largest absolute Gasteiger partial charge is 0.326 e. The van der Waals surface area contributed by atoms with E-state index in [-0.39, 0.29) is 12.2 Å². The molecule has 1 N–H and O–H groups in total. The van der Waals surface area contributed by atoms with Crippen LogP contribution in [0.2, 0.25) is 0 Å². The first-order chi connectivity index (χ1) is 13.4. The van der Waals surface area contributed by atoms with E-state index in [1.807, 2.05) is 18.2 Å². The highest BCUT2D eigenvalue weighted by Crippen LogP contribution is 2.32. The van der Waals surface area contributed by atoms with Crippen molar-refractivity contribution in [2.45, 2.75) is 24.8 Å². The molecule has 2 heterocycles. The molecule has 2 unspecified atom stereocenters. The molecule has 0 spiro atoms. The van der Waals surface area contributed by atoms with Gasteiger partial charge in [-0.3, -0.25) is 9.69 Å². The van der Waals surface area contributed by atoms with E-state index >= 15 is 0 Å². The van der Waals surface area contributed by atoms with E-state index < -0.39 is 29.1 Å². The zero-order valence-electron chi connectivity index (χ0n) is 15.5. The van der Waals surface area contributed by atoms with Gasteiger partial charge in [0.25, 0.3) is 5.91 Å². The highest BCUT2D eigenvalue weighted by Gasteiger charge is 2.49. The predicted octanol–water partition coefficient (Wildman–Crippen LogP) is 3.18. The lowest BCUT2D eigenvalue weighted by molar-refractivity contribution is -0.132.